The molecule has 2 heterocycles. The highest BCUT2D eigenvalue weighted by Crippen LogP contribution is 2.67. The highest BCUT2D eigenvalue weighted by molar-refractivity contribution is 5.89. The van der Waals surface area contributed by atoms with Gasteiger partial charge in [-0.05, 0) is 18.1 Å². The number of nitrogens with zero attached hydrogens (tertiary/aromatic N) is 4. The molecule has 0 spiro atoms. The van der Waals surface area contributed by atoms with E-state index < -0.39 is 39.5 Å². The van der Waals surface area contributed by atoms with Gasteiger partial charge in [0.1, 0.15) is 6.10 Å². The molecular weight excluding hydrogens is 410 g/mol. The Hall–Kier alpha value is -4.26. The maximum Gasteiger partial charge on any atom is 0.275 e. The number of rotatable bonds is 4. The summed E-state index contributed by atoms with van der Waals surface area (Å²) in [5, 5.41) is 51.2. The highest BCUT2D eigenvalue weighted by atomic mass is 16.7. The lowest BCUT2D eigenvalue weighted by Crippen LogP contribution is -2.59. The molecule has 2 aliphatic rings. The van der Waals surface area contributed by atoms with E-state index in [-0.39, 0.29) is 17.7 Å². The van der Waals surface area contributed by atoms with Crippen LogP contribution in [0, 0.1) is 66.3 Å². The van der Waals surface area contributed by atoms with E-state index in [4.69, 9.17) is 14.9 Å². The number of ether oxygens (including phenoxy) is 2. The van der Waals surface area contributed by atoms with Crippen LogP contribution in [-0.4, -0.2) is 16.6 Å². The topological polar surface area (TPSA) is 157 Å². The van der Waals surface area contributed by atoms with Gasteiger partial charge in [-0.3, -0.25) is 15.5 Å². The van der Waals surface area contributed by atoms with Gasteiger partial charge in [0, 0.05) is 13.0 Å². The van der Waals surface area contributed by atoms with E-state index in [2.05, 4.69) is 6.07 Å². The molecular formula is C23H17N5O4. The number of nitrogens with one attached hydrogen (secondary N) is 1. The van der Waals surface area contributed by atoms with Crippen molar-refractivity contribution >= 4 is 11.6 Å². The molecule has 4 atom stereocenters. The summed E-state index contributed by atoms with van der Waals surface area (Å²) >= 11 is 0. The molecule has 2 aromatic rings. The Morgan fingerprint density at radius 2 is 1.69 bits per heavy atom. The maximum atomic E-state index is 11.7. The van der Waals surface area contributed by atoms with Gasteiger partial charge in [0.25, 0.3) is 5.69 Å². The quantitative estimate of drug-likeness (QED) is 0.574. The van der Waals surface area contributed by atoms with Crippen molar-refractivity contribution in [2.45, 2.75) is 25.2 Å². The number of hydrogen-bond donors (Lipinski definition) is 1. The smallest absolute Gasteiger partial charge is 0.275 e. The van der Waals surface area contributed by atoms with Crippen molar-refractivity contribution in [3.8, 4) is 18.2 Å². The van der Waals surface area contributed by atoms with Crippen molar-refractivity contribution in [3.63, 3.8) is 0 Å². The third-order valence-corrected chi connectivity index (χ3v) is 6.41. The number of benzene rings is 2. The van der Waals surface area contributed by atoms with Crippen LogP contribution in [0.2, 0.25) is 0 Å². The van der Waals surface area contributed by atoms with Crippen LogP contribution in [0.1, 0.15) is 24.2 Å². The van der Waals surface area contributed by atoms with Gasteiger partial charge in [-0.25, -0.2) is 0 Å². The van der Waals surface area contributed by atoms with Gasteiger partial charge in [0.05, 0.1) is 34.6 Å². The van der Waals surface area contributed by atoms with E-state index in [0.29, 0.717) is 0 Å². The minimum Gasteiger partial charge on any atom is -0.448 e. The summed E-state index contributed by atoms with van der Waals surface area (Å²) in [5.41, 5.74) is -3.84. The molecule has 2 aromatic carbocycles. The molecule has 9 heteroatoms. The van der Waals surface area contributed by atoms with Crippen LogP contribution >= 0.6 is 0 Å². The second-order valence-electron chi connectivity index (χ2n) is 7.95. The number of para-hydroxylation sites is 1. The zero-order valence-electron chi connectivity index (χ0n) is 17.0. The third-order valence-electron chi connectivity index (χ3n) is 6.41. The molecule has 9 nitrogen and oxygen atoms in total. The minimum absolute atomic E-state index is 0.0251. The minimum atomic E-state index is -2.26. The van der Waals surface area contributed by atoms with Crippen LogP contribution in [0.5, 0.6) is 0 Å². The lowest BCUT2D eigenvalue weighted by Gasteiger charge is -2.48. The molecule has 4 rings (SSSR count). The molecule has 1 N–H and O–H groups in total. The maximum absolute atomic E-state index is 11.7. The predicted molar refractivity (Wildman–Crippen MR) is 109 cm³/mol. The number of fused-ring (bicyclic) bond motifs is 2. The van der Waals surface area contributed by atoms with Crippen molar-refractivity contribution in [2.75, 3.05) is 0 Å². The van der Waals surface area contributed by atoms with Gasteiger partial charge < -0.3 is 9.47 Å². The van der Waals surface area contributed by atoms with Crippen LogP contribution in [-0.2, 0) is 15.9 Å². The normalized spacial score (nSPS) is 29.8. The van der Waals surface area contributed by atoms with Gasteiger partial charge in [0.2, 0.25) is 17.1 Å². The van der Waals surface area contributed by atoms with E-state index in [0.717, 1.165) is 5.56 Å². The summed E-state index contributed by atoms with van der Waals surface area (Å²) < 4.78 is 11.9. The van der Waals surface area contributed by atoms with Crippen molar-refractivity contribution in [1.29, 1.82) is 21.2 Å². The fraction of sp³-hybridized carbons (Fsp3) is 0.304. The molecule has 4 unspecified atom stereocenters. The molecule has 32 heavy (non-hydrogen) atoms. The summed E-state index contributed by atoms with van der Waals surface area (Å²) in [6.45, 7) is 1.54. The first-order valence-corrected chi connectivity index (χ1v) is 9.76. The molecule has 2 saturated heterocycles. The third kappa shape index (κ3) is 2.54. The fourth-order valence-corrected chi connectivity index (χ4v) is 4.89. The van der Waals surface area contributed by atoms with E-state index in [1.807, 2.05) is 42.5 Å². The number of nitro groups is 1. The molecule has 2 aliphatic heterocycles. The Bertz CT molecular complexity index is 1230. The average Bonchev–Trinajstić information content (AvgIpc) is 2.96. The predicted octanol–water partition coefficient (Wildman–Crippen LogP) is 3.79. The zero-order valence-corrected chi connectivity index (χ0v) is 17.0. The van der Waals surface area contributed by atoms with Crippen molar-refractivity contribution in [2.24, 2.45) is 16.7 Å². The van der Waals surface area contributed by atoms with Gasteiger partial charge in [-0.2, -0.15) is 15.8 Å². The average molecular weight is 427 g/mol. The number of nitro benzene ring substituents is 1. The molecule has 0 aromatic heterocycles. The Kier molecular flexibility index (Phi) is 4.70. The Balaban J connectivity index is 1.98. The van der Waals surface area contributed by atoms with Gasteiger partial charge in [-0.1, -0.05) is 42.5 Å². The second-order valence-corrected chi connectivity index (χ2v) is 7.95. The van der Waals surface area contributed by atoms with Crippen molar-refractivity contribution in [1.82, 2.24) is 0 Å². The highest BCUT2D eigenvalue weighted by Gasteiger charge is 2.79. The Morgan fingerprint density at radius 3 is 2.28 bits per heavy atom. The number of nitriles is 3. The molecule has 0 saturated carbocycles. The lowest BCUT2D eigenvalue weighted by atomic mass is 9.52. The SMILES string of the molecule is CC12OC(=N)C(C#N)(C1Cc1ccccc1)C(C#N)(C#N)C(c1ccccc1[N+](=O)[O-])O2. The monoisotopic (exact) mass is 427 g/mol. The lowest BCUT2D eigenvalue weighted by molar-refractivity contribution is -0.387. The first kappa shape index (κ1) is 21.0. The zero-order chi connectivity index (χ0) is 23.1. The first-order chi connectivity index (χ1) is 15.3. The largest absolute Gasteiger partial charge is 0.448 e. The van der Waals surface area contributed by atoms with Crippen LogP contribution in [0.4, 0.5) is 5.69 Å². The fourth-order valence-electron chi connectivity index (χ4n) is 4.89. The van der Waals surface area contributed by atoms with Gasteiger partial charge >= 0.3 is 0 Å². The van der Waals surface area contributed by atoms with Crippen LogP contribution in [0.25, 0.3) is 0 Å². The van der Waals surface area contributed by atoms with Crippen LogP contribution in [0.15, 0.2) is 54.6 Å². The summed E-state index contributed by atoms with van der Waals surface area (Å²) in [6, 6.07) is 20.6. The summed E-state index contributed by atoms with van der Waals surface area (Å²) in [7, 11) is 0. The summed E-state index contributed by atoms with van der Waals surface area (Å²) in [4.78, 5) is 11.0. The van der Waals surface area contributed by atoms with Gasteiger partial charge in [-0.15, -0.1) is 0 Å². The second kappa shape index (κ2) is 7.16. The molecule has 158 valence electrons. The Morgan fingerprint density at radius 1 is 1.06 bits per heavy atom. The van der Waals surface area contributed by atoms with Crippen LogP contribution in [0.3, 0.4) is 0 Å². The summed E-state index contributed by atoms with van der Waals surface area (Å²) in [5.74, 6) is -2.99. The molecule has 2 fully saturated rings. The molecule has 0 radical (unpaired) electrons. The first-order valence-electron chi connectivity index (χ1n) is 9.76. The Labute approximate surface area is 183 Å². The number of hydrogen-bond acceptors (Lipinski definition) is 8. The van der Waals surface area contributed by atoms with E-state index in [1.54, 1.807) is 0 Å². The van der Waals surface area contributed by atoms with Gasteiger partial charge in [0.15, 0.2) is 5.41 Å². The van der Waals surface area contributed by atoms with E-state index in [9.17, 15) is 25.9 Å². The van der Waals surface area contributed by atoms with Crippen molar-refractivity contribution < 1.29 is 14.4 Å². The van der Waals surface area contributed by atoms with E-state index in [1.165, 1.54) is 31.2 Å². The van der Waals surface area contributed by atoms with E-state index >= 15 is 0 Å². The molecule has 2 bridgehead atoms. The van der Waals surface area contributed by atoms with Crippen molar-refractivity contribution in [3.05, 3.63) is 75.8 Å². The molecule has 0 aliphatic carbocycles. The van der Waals surface area contributed by atoms with Crippen LogP contribution < -0.4 is 0 Å². The summed E-state index contributed by atoms with van der Waals surface area (Å²) in [6.07, 6.45) is -1.29. The molecule has 0 amide bonds. The standard InChI is InChI=1S/C23H17N5O4/c1-21-18(11-15-7-3-2-4-8-15)23(14-26,20(27)32-21)22(12-24,13-25)19(31-21)16-9-5-6-10-17(16)28(29)30/h2-10,18-19,27H,11H2,1H3.